The number of ether oxygens (including phenoxy) is 1. The summed E-state index contributed by atoms with van der Waals surface area (Å²) in [4.78, 5) is 24.8. The van der Waals surface area contributed by atoms with Crippen LogP contribution in [0.5, 0.6) is 0 Å². The van der Waals surface area contributed by atoms with Crippen LogP contribution in [0.1, 0.15) is 87.0 Å². The van der Waals surface area contributed by atoms with Crippen molar-refractivity contribution in [2.75, 3.05) is 6.61 Å². The van der Waals surface area contributed by atoms with Crippen LogP contribution in [-0.2, 0) is 20.4 Å². The number of hydrogen-bond acceptors (Lipinski definition) is 3. The number of carbonyl (C=O) groups is 2. The number of carbonyl (C=O) groups excluding carboxylic acids is 2. The minimum Gasteiger partial charge on any atom is -0.463 e. The van der Waals surface area contributed by atoms with Crippen molar-refractivity contribution in [1.29, 1.82) is 0 Å². The van der Waals surface area contributed by atoms with E-state index in [4.69, 9.17) is 4.74 Å². The summed E-state index contributed by atoms with van der Waals surface area (Å²) in [5, 5.41) is 0. The number of rotatable bonds is 5. The van der Waals surface area contributed by atoms with Gasteiger partial charge in [0.1, 0.15) is 0 Å². The Kier molecular flexibility index (Phi) is 6.03. The van der Waals surface area contributed by atoms with E-state index in [9.17, 15) is 9.59 Å². The van der Waals surface area contributed by atoms with Crippen molar-refractivity contribution in [3.8, 4) is 0 Å². The molecule has 2 aromatic rings. The fourth-order valence-corrected chi connectivity index (χ4v) is 4.23. The molecule has 0 heterocycles. The average molecular weight is 405 g/mol. The molecule has 0 bridgehead atoms. The van der Waals surface area contributed by atoms with Crippen molar-refractivity contribution in [2.24, 2.45) is 0 Å². The number of hydrogen-bond donors (Lipinski definition) is 0. The van der Waals surface area contributed by atoms with Crippen LogP contribution >= 0.6 is 0 Å². The number of esters is 1. The van der Waals surface area contributed by atoms with Crippen LogP contribution in [0, 0.1) is 0 Å². The third kappa shape index (κ3) is 4.40. The van der Waals surface area contributed by atoms with Crippen molar-refractivity contribution in [3.63, 3.8) is 0 Å². The summed E-state index contributed by atoms with van der Waals surface area (Å²) in [6.45, 7) is 13.1. The summed E-state index contributed by atoms with van der Waals surface area (Å²) in [7, 11) is 0. The fourth-order valence-electron chi connectivity index (χ4n) is 4.23. The van der Waals surface area contributed by atoms with Gasteiger partial charge in [-0.3, -0.25) is 4.79 Å². The van der Waals surface area contributed by atoms with E-state index in [1.54, 1.807) is 6.92 Å². The monoisotopic (exact) mass is 404 g/mol. The van der Waals surface area contributed by atoms with E-state index in [1.165, 1.54) is 17.2 Å². The lowest BCUT2D eigenvalue weighted by Crippen LogP contribution is -2.34. The molecule has 0 saturated carbocycles. The molecule has 158 valence electrons. The highest BCUT2D eigenvalue weighted by molar-refractivity contribution is 6.09. The number of benzene rings is 2. The topological polar surface area (TPSA) is 43.4 Å². The van der Waals surface area contributed by atoms with Gasteiger partial charge in [0.25, 0.3) is 0 Å². The highest BCUT2D eigenvalue weighted by Gasteiger charge is 2.37. The van der Waals surface area contributed by atoms with Gasteiger partial charge in [-0.1, -0.05) is 64.1 Å². The molecule has 0 fully saturated rings. The van der Waals surface area contributed by atoms with Gasteiger partial charge < -0.3 is 4.74 Å². The maximum Gasteiger partial charge on any atom is 0.331 e. The molecule has 0 N–H and O–H groups in total. The quantitative estimate of drug-likeness (QED) is 0.337. The first kappa shape index (κ1) is 22.0. The molecule has 1 aliphatic carbocycles. The number of fused-ring (bicyclic) bond motifs is 1. The average Bonchev–Trinajstić information content (AvgIpc) is 2.71. The molecule has 3 nitrogen and oxygen atoms in total. The zero-order valence-electron chi connectivity index (χ0n) is 19.0. The normalized spacial score (nSPS) is 17.2. The van der Waals surface area contributed by atoms with Crippen molar-refractivity contribution < 1.29 is 14.3 Å². The zero-order valence-corrected chi connectivity index (χ0v) is 19.0. The van der Waals surface area contributed by atoms with Crippen LogP contribution in [0.4, 0.5) is 0 Å². The molecule has 2 aromatic carbocycles. The standard InChI is InChI=1S/C27H32O3/c1-7-30-24(28)16-18(2)19-8-10-20(11-9-19)25(29)21-12-13-22-23(17-21)27(5,6)15-14-26(22,3)4/h8-13,16-17H,7,14-15H2,1-6H3. The van der Waals surface area contributed by atoms with Crippen molar-refractivity contribution >= 4 is 17.3 Å². The summed E-state index contributed by atoms with van der Waals surface area (Å²) < 4.78 is 4.96. The molecular formula is C27H32O3. The molecule has 0 unspecified atom stereocenters. The Morgan fingerprint density at radius 1 is 0.867 bits per heavy atom. The number of ketones is 1. The summed E-state index contributed by atoms with van der Waals surface area (Å²) in [6, 6.07) is 13.6. The molecule has 0 aliphatic heterocycles. The maximum atomic E-state index is 13.2. The van der Waals surface area contributed by atoms with E-state index in [-0.39, 0.29) is 22.6 Å². The smallest absolute Gasteiger partial charge is 0.331 e. The van der Waals surface area contributed by atoms with Crippen LogP contribution in [0.25, 0.3) is 5.57 Å². The van der Waals surface area contributed by atoms with Gasteiger partial charge in [0.2, 0.25) is 0 Å². The maximum absolute atomic E-state index is 13.2. The van der Waals surface area contributed by atoms with Crippen LogP contribution in [0.3, 0.4) is 0 Å². The minimum absolute atomic E-state index is 0.0237. The fraction of sp³-hybridized carbons (Fsp3) is 0.407. The van der Waals surface area contributed by atoms with Gasteiger partial charge in [-0.2, -0.15) is 0 Å². The van der Waals surface area contributed by atoms with Gasteiger partial charge in [0, 0.05) is 17.2 Å². The largest absolute Gasteiger partial charge is 0.463 e. The second kappa shape index (κ2) is 8.22. The summed E-state index contributed by atoms with van der Waals surface area (Å²) in [5.41, 5.74) is 5.93. The highest BCUT2D eigenvalue weighted by atomic mass is 16.5. The van der Waals surface area contributed by atoms with Crippen LogP contribution in [-0.4, -0.2) is 18.4 Å². The molecule has 3 heteroatoms. The Labute approximate surface area is 180 Å². The summed E-state index contributed by atoms with van der Waals surface area (Å²) in [6.07, 6.45) is 3.75. The van der Waals surface area contributed by atoms with Gasteiger partial charge in [0.05, 0.1) is 6.61 Å². The molecule has 30 heavy (non-hydrogen) atoms. The van der Waals surface area contributed by atoms with Gasteiger partial charge in [-0.15, -0.1) is 0 Å². The SMILES string of the molecule is CCOC(=O)C=C(C)c1ccc(C(=O)c2ccc3c(c2)C(C)(C)CCC3(C)C)cc1. The highest BCUT2D eigenvalue weighted by Crippen LogP contribution is 2.46. The lowest BCUT2D eigenvalue weighted by molar-refractivity contribution is -0.137. The van der Waals surface area contributed by atoms with E-state index in [2.05, 4.69) is 39.8 Å². The molecule has 3 rings (SSSR count). The van der Waals surface area contributed by atoms with E-state index >= 15 is 0 Å². The molecular weight excluding hydrogens is 372 g/mol. The molecule has 0 aromatic heterocycles. The predicted octanol–water partition coefficient (Wildman–Crippen LogP) is 6.23. The second-order valence-electron chi connectivity index (χ2n) is 9.51. The Bertz CT molecular complexity index is 991. The lowest BCUT2D eigenvalue weighted by atomic mass is 9.63. The zero-order chi connectivity index (χ0) is 22.1. The first-order valence-electron chi connectivity index (χ1n) is 10.7. The molecule has 0 radical (unpaired) electrons. The Morgan fingerprint density at radius 2 is 1.40 bits per heavy atom. The van der Waals surface area contributed by atoms with E-state index in [1.807, 2.05) is 37.3 Å². The third-order valence-electron chi connectivity index (χ3n) is 6.34. The van der Waals surface area contributed by atoms with Gasteiger partial charge in [-0.25, -0.2) is 4.79 Å². The first-order valence-corrected chi connectivity index (χ1v) is 10.7. The van der Waals surface area contributed by atoms with Crippen molar-refractivity contribution in [1.82, 2.24) is 0 Å². The second-order valence-corrected chi connectivity index (χ2v) is 9.51. The van der Waals surface area contributed by atoms with Crippen LogP contribution < -0.4 is 0 Å². The summed E-state index contributed by atoms with van der Waals surface area (Å²) >= 11 is 0. The van der Waals surface area contributed by atoms with Crippen molar-refractivity contribution in [2.45, 2.75) is 65.2 Å². The predicted molar refractivity (Wildman–Crippen MR) is 122 cm³/mol. The Morgan fingerprint density at radius 3 is 2.00 bits per heavy atom. The van der Waals surface area contributed by atoms with Gasteiger partial charge >= 0.3 is 5.97 Å². The molecule has 0 amide bonds. The van der Waals surface area contributed by atoms with Gasteiger partial charge in [-0.05, 0) is 65.8 Å². The molecule has 0 saturated heterocycles. The first-order chi connectivity index (χ1) is 14.0. The van der Waals surface area contributed by atoms with E-state index in [0.29, 0.717) is 12.2 Å². The van der Waals surface area contributed by atoms with Crippen LogP contribution in [0.15, 0.2) is 48.5 Å². The van der Waals surface area contributed by atoms with Gasteiger partial charge in [0.15, 0.2) is 5.78 Å². The number of allylic oxidation sites excluding steroid dienone is 1. The minimum atomic E-state index is -0.352. The molecule has 1 aliphatic rings. The molecule has 0 spiro atoms. The Balaban J connectivity index is 1.88. The Hall–Kier alpha value is -2.68. The van der Waals surface area contributed by atoms with Crippen molar-refractivity contribution in [3.05, 3.63) is 76.4 Å². The van der Waals surface area contributed by atoms with E-state index < -0.39 is 0 Å². The lowest BCUT2D eigenvalue weighted by Gasteiger charge is -2.42. The summed E-state index contributed by atoms with van der Waals surface area (Å²) in [5.74, 6) is -0.328. The van der Waals surface area contributed by atoms with E-state index in [0.717, 1.165) is 29.5 Å². The molecule has 0 atom stereocenters. The third-order valence-corrected chi connectivity index (χ3v) is 6.34. The van der Waals surface area contributed by atoms with Crippen LogP contribution in [0.2, 0.25) is 0 Å².